The second-order valence-corrected chi connectivity index (χ2v) is 6.11. The van der Waals surface area contributed by atoms with Crippen LogP contribution in [0, 0.1) is 17.2 Å². The molecule has 0 aromatic heterocycles. The van der Waals surface area contributed by atoms with Gasteiger partial charge in [-0.25, -0.2) is 0 Å². The van der Waals surface area contributed by atoms with Crippen LogP contribution in [0.25, 0.3) is 0 Å². The van der Waals surface area contributed by atoms with E-state index < -0.39 is 5.54 Å². The van der Waals surface area contributed by atoms with Crippen LogP contribution in [0.1, 0.15) is 12.5 Å². The third kappa shape index (κ3) is 2.85. The van der Waals surface area contributed by atoms with Gasteiger partial charge in [0, 0.05) is 19.0 Å². The SMILES string of the molecule is CSCC(C)C(C#N)(c1ccccc1)N1CCOCC1. The highest BCUT2D eigenvalue weighted by Gasteiger charge is 2.44. The Morgan fingerprint density at radius 2 is 2.00 bits per heavy atom. The summed E-state index contributed by atoms with van der Waals surface area (Å²) in [7, 11) is 0. The first-order valence-electron chi connectivity index (χ1n) is 7.04. The lowest BCUT2D eigenvalue weighted by atomic mass is 9.79. The van der Waals surface area contributed by atoms with E-state index in [-0.39, 0.29) is 5.92 Å². The van der Waals surface area contributed by atoms with Crippen molar-refractivity contribution >= 4 is 11.8 Å². The molecule has 0 amide bonds. The predicted octanol–water partition coefficient (Wildman–Crippen LogP) is 2.74. The molecule has 0 radical (unpaired) electrons. The molecule has 1 saturated heterocycles. The van der Waals surface area contributed by atoms with Crippen molar-refractivity contribution in [3.05, 3.63) is 35.9 Å². The van der Waals surface area contributed by atoms with E-state index in [1.165, 1.54) is 0 Å². The van der Waals surface area contributed by atoms with Crippen LogP contribution in [-0.2, 0) is 10.3 Å². The van der Waals surface area contributed by atoms with Gasteiger partial charge in [-0.1, -0.05) is 37.3 Å². The van der Waals surface area contributed by atoms with Crippen molar-refractivity contribution in [2.45, 2.75) is 12.5 Å². The largest absolute Gasteiger partial charge is 0.379 e. The molecule has 0 aliphatic carbocycles. The van der Waals surface area contributed by atoms with Gasteiger partial charge in [-0.05, 0) is 17.6 Å². The maximum absolute atomic E-state index is 10.0. The van der Waals surface area contributed by atoms with Crippen LogP contribution in [-0.4, -0.2) is 43.2 Å². The lowest BCUT2D eigenvalue weighted by molar-refractivity contribution is -0.0197. The number of nitrogens with zero attached hydrogens (tertiary/aromatic N) is 2. The van der Waals surface area contributed by atoms with Gasteiger partial charge in [0.1, 0.15) is 5.54 Å². The predicted molar refractivity (Wildman–Crippen MR) is 83.7 cm³/mol. The van der Waals surface area contributed by atoms with Gasteiger partial charge in [-0.2, -0.15) is 17.0 Å². The average molecular weight is 290 g/mol. The van der Waals surface area contributed by atoms with Crippen LogP contribution >= 0.6 is 11.8 Å². The minimum atomic E-state index is -0.548. The van der Waals surface area contributed by atoms with Gasteiger partial charge in [0.25, 0.3) is 0 Å². The summed E-state index contributed by atoms with van der Waals surface area (Å²) in [6.07, 6.45) is 2.10. The molecule has 1 aromatic rings. The van der Waals surface area contributed by atoms with E-state index in [0.717, 1.165) is 24.4 Å². The molecule has 3 nitrogen and oxygen atoms in total. The number of thioether (sulfide) groups is 1. The van der Waals surface area contributed by atoms with Crippen molar-refractivity contribution in [1.82, 2.24) is 4.90 Å². The number of benzene rings is 1. The fourth-order valence-electron chi connectivity index (χ4n) is 3.00. The molecule has 0 N–H and O–H groups in total. The number of hydrogen-bond acceptors (Lipinski definition) is 4. The summed E-state index contributed by atoms with van der Waals surface area (Å²) in [6, 6.07) is 12.8. The van der Waals surface area contributed by atoms with Crippen molar-refractivity contribution in [3.63, 3.8) is 0 Å². The summed E-state index contributed by atoms with van der Waals surface area (Å²) in [6.45, 7) is 5.25. The van der Waals surface area contributed by atoms with Crippen LogP contribution < -0.4 is 0 Å². The second kappa shape index (κ2) is 7.12. The van der Waals surface area contributed by atoms with Gasteiger partial charge < -0.3 is 4.74 Å². The molecule has 0 bridgehead atoms. The van der Waals surface area contributed by atoms with Crippen molar-refractivity contribution in [2.75, 3.05) is 38.3 Å². The zero-order valence-corrected chi connectivity index (χ0v) is 13.0. The zero-order chi connectivity index (χ0) is 14.4. The molecule has 2 unspecified atom stereocenters. The van der Waals surface area contributed by atoms with Crippen molar-refractivity contribution in [2.24, 2.45) is 5.92 Å². The Morgan fingerprint density at radius 1 is 1.35 bits per heavy atom. The minimum absolute atomic E-state index is 0.267. The van der Waals surface area contributed by atoms with Crippen LogP contribution in [0.3, 0.4) is 0 Å². The Labute approximate surface area is 125 Å². The number of rotatable bonds is 5. The third-order valence-electron chi connectivity index (χ3n) is 4.02. The molecule has 1 aromatic carbocycles. The first-order valence-corrected chi connectivity index (χ1v) is 8.43. The van der Waals surface area contributed by atoms with Gasteiger partial charge >= 0.3 is 0 Å². The maximum Gasteiger partial charge on any atom is 0.138 e. The summed E-state index contributed by atoms with van der Waals surface area (Å²) < 4.78 is 5.46. The van der Waals surface area contributed by atoms with E-state index in [9.17, 15) is 5.26 Å². The zero-order valence-electron chi connectivity index (χ0n) is 12.2. The number of hydrogen-bond donors (Lipinski definition) is 0. The Hall–Kier alpha value is -1.02. The highest BCUT2D eigenvalue weighted by molar-refractivity contribution is 7.98. The molecular weight excluding hydrogens is 268 g/mol. The van der Waals surface area contributed by atoms with Gasteiger partial charge in [0.15, 0.2) is 0 Å². The summed E-state index contributed by atoms with van der Waals surface area (Å²) in [5.41, 5.74) is 0.555. The topological polar surface area (TPSA) is 36.3 Å². The van der Waals surface area contributed by atoms with Crippen LogP contribution in [0.2, 0.25) is 0 Å². The maximum atomic E-state index is 10.0. The third-order valence-corrected chi connectivity index (χ3v) is 4.86. The fourth-order valence-corrected chi connectivity index (χ4v) is 3.74. The lowest BCUT2D eigenvalue weighted by Crippen LogP contribution is -2.54. The fraction of sp³-hybridized carbons (Fsp3) is 0.562. The minimum Gasteiger partial charge on any atom is -0.379 e. The Morgan fingerprint density at radius 3 is 2.55 bits per heavy atom. The van der Waals surface area contributed by atoms with Crippen LogP contribution in [0.15, 0.2) is 30.3 Å². The number of nitriles is 1. The number of morpholine rings is 1. The van der Waals surface area contributed by atoms with E-state index in [0.29, 0.717) is 13.2 Å². The normalized spacial score (nSPS) is 20.9. The lowest BCUT2D eigenvalue weighted by Gasteiger charge is -2.44. The molecule has 2 atom stereocenters. The second-order valence-electron chi connectivity index (χ2n) is 5.20. The highest BCUT2D eigenvalue weighted by atomic mass is 32.2. The standard InChI is InChI=1S/C16H22N2OS/c1-14(12-20-2)16(13-17,15-6-4-3-5-7-15)18-8-10-19-11-9-18/h3-7,14H,8-12H2,1-2H3. The first-order chi connectivity index (χ1) is 9.75. The van der Waals surface area contributed by atoms with E-state index in [2.05, 4.69) is 36.3 Å². The van der Waals surface area contributed by atoms with E-state index in [4.69, 9.17) is 4.74 Å². The van der Waals surface area contributed by atoms with Gasteiger partial charge in [-0.3, -0.25) is 4.90 Å². The van der Waals surface area contributed by atoms with Gasteiger partial charge in [-0.15, -0.1) is 0 Å². The van der Waals surface area contributed by atoms with Crippen molar-refractivity contribution in [3.8, 4) is 6.07 Å². The molecular formula is C16H22N2OS. The average Bonchev–Trinajstić information content (AvgIpc) is 2.51. The van der Waals surface area contributed by atoms with Gasteiger partial charge in [0.2, 0.25) is 0 Å². The highest BCUT2D eigenvalue weighted by Crippen LogP contribution is 2.37. The van der Waals surface area contributed by atoms with Crippen molar-refractivity contribution < 1.29 is 4.74 Å². The molecule has 0 saturated carbocycles. The van der Waals surface area contributed by atoms with Crippen molar-refractivity contribution in [1.29, 1.82) is 5.26 Å². The summed E-state index contributed by atoms with van der Waals surface area (Å²) in [5, 5.41) is 10.0. The molecule has 1 heterocycles. The Kier molecular flexibility index (Phi) is 5.47. The first kappa shape index (κ1) is 15.4. The summed E-state index contributed by atoms with van der Waals surface area (Å²) in [5.74, 6) is 1.24. The summed E-state index contributed by atoms with van der Waals surface area (Å²) in [4.78, 5) is 2.30. The molecule has 1 fully saturated rings. The van der Waals surface area contributed by atoms with Crippen LogP contribution in [0.4, 0.5) is 0 Å². The van der Waals surface area contributed by atoms with Crippen LogP contribution in [0.5, 0.6) is 0 Å². The smallest absolute Gasteiger partial charge is 0.138 e. The molecule has 0 spiro atoms. The quantitative estimate of drug-likeness (QED) is 0.835. The molecule has 4 heteroatoms. The Balaban J connectivity index is 2.43. The molecule has 1 aliphatic heterocycles. The Bertz CT molecular complexity index is 453. The molecule has 1 aliphatic rings. The molecule has 108 valence electrons. The monoisotopic (exact) mass is 290 g/mol. The number of ether oxygens (including phenoxy) is 1. The molecule has 20 heavy (non-hydrogen) atoms. The van der Waals surface area contributed by atoms with E-state index in [1.54, 1.807) is 11.8 Å². The van der Waals surface area contributed by atoms with E-state index >= 15 is 0 Å². The summed E-state index contributed by atoms with van der Waals surface area (Å²) >= 11 is 1.80. The molecule has 2 rings (SSSR count). The van der Waals surface area contributed by atoms with Gasteiger partial charge in [0.05, 0.1) is 19.3 Å². The van der Waals surface area contributed by atoms with E-state index in [1.807, 2.05) is 18.2 Å².